The second kappa shape index (κ2) is 7.25. The molecule has 0 radical (unpaired) electrons. The van der Waals surface area contributed by atoms with Crippen LogP contribution in [0.1, 0.15) is 21.8 Å². The van der Waals surface area contributed by atoms with Crippen molar-refractivity contribution < 1.29 is 19.1 Å². The molecular formula is C17H20N4O4. The summed E-state index contributed by atoms with van der Waals surface area (Å²) in [4.78, 5) is 32.0. The Morgan fingerprint density at radius 2 is 1.96 bits per heavy atom. The maximum absolute atomic E-state index is 12.4. The second-order valence-corrected chi connectivity index (χ2v) is 5.84. The van der Waals surface area contributed by atoms with Crippen molar-refractivity contribution in [3.8, 4) is 5.75 Å². The SMILES string of the molecule is Cc1ocnc1CNC(=O)N1CCN(C(=O)c2cccc(O)c2)CC1. The van der Waals surface area contributed by atoms with E-state index in [1.165, 1.54) is 18.5 Å². The number of piperazine rings is 1. The maximum Gasteiger partial charge on any atom is 0.317 e. The number of aromatic nitrogens is 1. The molecule has 2 N–H and O–H groups in total. The van der Waals surface area contributed by atoms with Gasteiger partial charge in [0.1, 0.15) is 17.2 Å². The fourth-order valence-electron chi connectivity index (χ4n) is 2.70. The van der Waals surface area contributed by atoms with Gasteiger partial charge in [0.15, 0.2) is 6.39 Å². The zero-order valence-electron chi connectivity index (χ0n) is 13.9. The summed E-state index contributed by atoms with van der Waals surface area (Å²) in [5.74, 6) is 0.600. The molecule has 2 heterocycles. The first-order chi connectivity index (χ1) is 12.0. The molecule has 0 bridgehead atoms. The van der Waals surface area contributed by atoms with E-state index in [9.17, 15) is 14.7 Å². The number of hydrogen-bond acceptors (Lipinski definition) is 5. The van der Waals surface area contributed by atoms with Crippen LogP contribution in [0.2, 0.25) is 0 Å². The van der Waals surface area contributed by atoms with E-state index in [-0.39, 0.29) is 17.7 Å². The first-order valence-corrected chi connectivity index (χ1v) is 8.04. The van der Waals surface area contributed by atoms with E-state index < -0.39 is 0 Å². The van der Waals surface area contributed by atoms with Gasteiger partial charge in [-0.3, -0.25) is 4.79 Å². The number of rotatable bonds is 3. The number of carbonyl (C=O) groups is 2. The Kier molecular flexibility index (Phi) is 4.87. The number of oxazole rings is 1. The lowest BCUT2D eigenvalue weighted by Gasteiger charge is -2.34. The number of benzene rings is 1. The van der Waals surface area contributed by atoms with E-state index in [0.717, 1.165) is 0 Å². The third-order valence-electron chi connectivity index (χ3n) is 4.20. The Labute approximate surface area is 145 Å². The van der Waals surface area contributed by atoms with Gasteiger partial charge < -0.3 is 24.6 Å². The Bertz CT molecular complexity index is 766. The Hall–Kier alpha value is -3.03. The van der Waals surface area contributed by atoms with Crippen molar-refractivity contribution in [1.82, 2.24) is 20.1 Å². The molecule has 1 aliphatic heterocycles. The minimum Gasteiger partial charge on any atom is -0.508 e. The highest BCUT2D eigenvalue weighted by Gasteiger charge is 2.25. The molecule has 1 aliphatic rings. The zero-order chi connectivity index (χ0) is 17.8. The van der Waals surface area contributed by atoms with Gasteiger partial charge in [0.2, 0.25) is 0 Å². The quantitative estimate of drug-likeness (QED) is 0.876. The average molecular weight is 344 g/mol. The standard InChI is InChI=1S/C17H20N4O4/c1-12-15(19-11-25-12)10-18-17(24)21-7-5-20(6-8-21)16(23)13-3-2-4-14(22)9-13/h2-4,9,11,22H,5-8,10H2,1H3,(H,18,24). The van der Waals surface area contributed by atoms with Crippen LogP contribution in [0.4, 0.5) is 4.79 Å². The van der Waals surface area contributed by atoms with Crippen molar-refractivity contribution in [3.05, 3.63) is 47.7 Å². The fourth-order valence-corrected chi connectivity index (χ4v) is 2.70. The summed E-state index contributed by atoms with van der Waals surface area (Å²) >= 11 is 0. The van der Waals surface area contributed by atoms with Gasteiger partial charge in [-0.2, -0.15) is 0 Å². The number of aryl methyl sites for hydroxylation is 1. The molecule has 25 heavy (non-hydrogen) atoms. The number of amides is 3. The van der Waals surface area contributed by atoms with Crippen molar-refractivity contribution in [1.29, 1.82) is 0 Å². The molecule has 3 rings (SSSR count). The van der Waals surface area contributed by atoms with Gasteiger partial charge in [-0.15, -0.1) is 0 Å². The Morgan fingerprint density at radius 3 is 2.60 bits per heavy atom. The molecular weight excluding hydrogens is 324 g/mol. The second-order valence-electron chi connectivity index (χ2n) is 5.84. The van der Waals surface area contributed by atoms with Crippen molar-refractivity contribution in [2.24, 2.45) is 0 Å². The summed E-state index contributed by atoms with van der Waals surface area (Å²) < 4.78 is 5.10. The van der Waals surface area contributed by atoms with Crippen molar-refractivity contribution in [2.75, 3.05) is 26.2 Å². The molecule has 0 aliphatic carbocycles. The summed E-state index contributed by atoms with van der Waals surface area (Å²) in [7, 11) is 0. The number of hydrogen-bond donors (Lipinski definition) is 2. The van der Waals surface area contributed by atoms with E-state index in [1.807, 2.05) is 0 Å². The smallest absolute Gasteiger partial charge is 0.317 e. The van der Waals surface area contributed by atoms with Gasteiger partial charge in [-0.05, 0) is 25.1 Å². The third kappa shape index (κ3) is 3.90. The van der Waals surface area contributed by atoms with Crippen LogP contribution >= 0.6 is 0 Å². The zero-order valence-corrected chi connectivity index (χ0v) is 13.9. The molecule has 0 spiro atoms. The van der Waals surface area contributed by atoms with Gasteiger partial charge in [-0.1, -0.05) is 6.07 Å². The molecule has 1 fully saturated rings. The van der Waals surface area contributed by atoms with Gasteiger partial charge in [0.05, 0.1) is 6.54 Å². The number of nitrogens with zero attached hydrogens (tertiary/aromatic N) is 3. The first kappa shape index (κ1) is 16.8. The Morgan fingerprint density at radius 1 is 1.24 bits per heavy atom. The Balaban J connectivity index is 1.50. The largest absolute Gasteiger partial charge is 0.508 e. The van der Waals surface area contributed by atoms with Crippen LogP contribution in [-0.4, -0.2) is 58.0 Å². The molecule has 8 heteroatoms. The molecule has 0 unspecified atom stereocenters. The number of carbonyl (C=O) groups excluding carboxylic acids is 2. The van der Waals surface area contributed by atoms with E-state index >= 15 is 0 Å². The number of aromatic hydroxyl groups is 1. The van der Waals surface area contributed by atoms with Crippen LogP contribution in [0.15, 0.2) is 35.1 Å². The summed E-state index contributed by atoms with van der Waals surface area (Å²) in [6.45, 7) is 3.90. The van der Waals surface area contributed by atoms with E-state index in [0.29, 0.717) is 49.7 Å². The highest BCUT2D eigenvalue weighted by molar-refractivity contribution is 5.94. The first-order valence-electron chi connectivity index (χ1n) is 8.04. The van der Waals surface area contributed by atoms with Crippen LogP contribution in [0.3, 0.4) is 0 Å². The maximum atomic E-state index is 12.4. The lowest BCUT2D eigenvalue weighted by Crippen LogP contribution is -2.53. The lowest BCUT2D eigenvalue weighted by atomic mass is 10.1. The minimum atomic E-state index is -0.188. The monoisotopic (exact) mass is 344 g/mol. The number of nitrogens with one attached hydrogen (secondary N) is 1. The number of phenols is 1. The molecule has 132 valence electrons. The average Bonchev–Trinajstić information content (AvgIpc) is 3.04. The highest BCUT2D eigenvalue weighted by Crippen LogP contribution is 2.14. The summed E-state index contributed by atoms with van der Waals surface area (Å²) in [5.41, 5.74) is 1.14. The van der Waals surface area contributed by atoms with Crippen molar-refractivity contribution >= 4 is 11.9 Å². The molecule has 1 saturated heterocycles. The van der Waals surface area contributed by atoms with E-state index in [2.05, 4.69) is 10.3 Å². The normalized spacial score (nSPS) is 14.4. The van der Waals surface area contributed by atoms with Gasteiger partial charge >= 0.3 is 6.03 Å². The van der Waals surface area contributed by atoms with E-state index in [1.54, 1.807) is 28.9 Å². The number of urea groups is 1. The van der Waals surface area contributed by atoms with Crippen LogP contribution in [0.5, 0.6) is 5.75 Å². The van der Waals surface area contributed by atoms with Crippen LogP contribution in [-0.2, 0) is 6.54 Å². The molecule has 0 saturated carbocycles. The summed E-state index contributed by atoms with van der Waals surface area (Å²) in [6.07, 6.45) is 1.35. The minimum absolute atomic E-state index is 0.0620. The lowest BCUT2D eigenvalue weighted by molar-refractivity contribution is 0.0664. The summed E-state index contributed by atoms with van der Waals surface area (Å²) in [6, 6.07) is 6.09. The topological polar surface area (TPSA) is 98.9 Å². The molecule has 8 nitrogen and oxygen atoms in total. The predicted octanol–water partition coefficient (Wildman–Crippen LogP) is 1.36. The molecule has 1 aromatic carbocycles. The van der Waals surface area contributed by atoms with Crippen molar-refractivity contribution in [2.45, 2.75) is 13.5 Å². The van der Waals surface area contributed by atoms with Gasteiger partial charge in [-0.25, -0.2) is 9.78 Å². The summed E-state index contributed by atoms with van der Waals surface area (Å²) in [5, 5.41) is 12.3. The predicted molar refractivity (Wildman–Crippen MR) is 89.1 cm³/mol. The molecule has 2 aromatic rings. The molecule has 0 atom stereocenters. The highest BCUT2D eigenvalue weighted by atomic mass is 16.3. The number of phenolic OH excluding ortho intramolecular Hbond substituents is 1. The van der Waals surface area contributed by atoms with Gasteiger partial charge in [0.25, 0.3) is 5.91 Å². The van der Waals surface area contributed by atoms with Crippen LogP contribution < -0.4 is 5.32 Å². The van der Waals surface area contributed by atoms with Gasteiger partial charge in [0, 0.05) is 31.7 Å². The van der Waals surface area contributed by atoms with E-state index in [4.69, 9.17) is 4.42 Å². The van der Waals surface area contributed by atoms with Crippen LogP contribution in [0.25, 0.3) is 0 Å². The van der Waals surface area contributed by atoms with Crippen molar-refractivity contribution in [3.63, 3.8) is 0 Å². The fraction of sp³-hybridized carbons (Fsp3) is 0.353. The molecule has 3 amide bonds. The molecule has 1 aromatic heterocycles. The van der Waals surface area contributed by atoms with Crippen LogP contribution in [0, 0.1) is 6.92 Å². The third-order valence-corrected chi connectivity index (χ3v) is 4.20.